The second kappa shape index (κ2) is 9.76. The van der Waals surface area contributed by atoms with Crippen LogP contribution in [0.5, 0.6) is 5.75 Å². The standard InChI is InChI=1S/C18H23NO6/c20-17(24-13-14-6-2-1-3-7-14)10-5-11-18(21)25-16-9-4-8-15(12-16)19(22)23/h4,8-9,12,14H,1-3,5-7,10-11,13H2. The summed E-state index contributed by atoms with van der Waals surface area (Å²) in [5.74, 6) is -0.232. The first-order chi connectivity index (χ1) is 12.0. The summed E-state index contributed by atoms with van der Waals surface area (Å²) >= 11 is 0. The highest BCUT2D eigenvalue weighted by molar-refractivity contribution is 5.74. The number of nitrogens with zero attached hydrogens (tertiary/aromatic N) is 1. The summed E-state index contributed by atoms with van der Waals surface area (Å²) in [6, 6.07) is 5.43. The van der Waals surface area contributed by atoms with Gasteiger partial charge in [0.25, 0.3) is 5.69 Å². The van der Waals surface area contributed by atoms with Crippen molar-refractivity contribution in [2.45, 2.75) is 51.4 Å². The summed E-state index contributed by atoms with van der Waals surface area (Å²) in [6.07, 6.45) is 6.44. The van der Waals surface area contributed by atoms with Crippen LogP contribution in [0, 0.1) is 16.0 Å². The summed E-state index contributed by atoms with van der Waals surface area (Å²) < 4.78 is 10.3. The molecule has 7 nitrogen and oxygen atoms in total. The number of esters is 2. The SMILES string of the molecule is O=C(CCCC(=O)Oc1cccc([N+](=O)[O-])c1)OCC1CCCCC1. The molecule has 1 aromatic rings. The first-order valence-corrected chi connectivity index (χ1v) is 8.65. The van der Waals surface area contributed by atoms with Crippen LogP contribution >= 0.6 is 0 Å². The fourth-order valence-corrected chi connectivity index (χ4v) is 2.86. The van der Waals surface area contributed by atoms with Gasteiger partial charge in [0, 0.05) is 18.9 Å². The number of benzene rings is 1. The van der Waals surface area contributed by atoms with Crippen molar-refractivity contribution in [2.75, 3.05) is 6.61 Å². The quantitative estimate of drug-likeness (QED) is 0.307. The number of non-ortho nitro benzene ring substituents is 1. The highest BCUT2D eigenvalue weighted by atomic mass is 16.6. The molecule has 0 saturated heterocycles. The van der Waals surface area contributed by atoms with E-state index in [4.69, 9.17) is 9.47 Å². The van der Waals surface area contributed by atoms with E-state index < -0.39 is 10.9 Å². The predicted molar refractivity (Wildman–Crippen MR) is 90.1 cm³/mol. The molecule has 2 rings (SSSR count). The van der Waals surface area contributed by atoms with Gasteiger partial charge in [-0.2, -0.15) is 0 Å². The smallest absolute Gasteiger partial charge is 0.311 e. The van der Waals surface area contributed by atoms with Gasteiger partial charge < -0.3 is 9.47 Å². The Morgan fingerprint density at radius 2 is 1.84 bits per heavy atom. The Kier molecular flexibility index (Phi) is 7.37. The van der Waals surface area contributed by atoms with Crippen LogP contribution in [0.1, 0.15) is 51.4 Å². The summed E-state index contributed by atoms with van der Waals surface area (Å²) in [5, 5.41) is 10.7. The Hall–Kier alpha value is -2.44. The Morgan fingerprint density at radius 1 is 1.12 bits per heavy atom. The zero-order chi connectivity index (χ0) is 18.1. The van der Waals surface area contributed by atoms with Gasteiger partial charge in [-0.3, -0.25) is 19.7 Å². The van der Waals surface area contributed by atoms with Crippen molar-refractivity contribution < 1.29 is 24.0 Å². The third-order valence-corrected chi connectivity index (χ3v) is 4.23. The van der Waals surface area contributed by atoms with Crippen molar-refractivity contribution in [2.24, 2.45) is 5.92 Å². The third kappa shape index (κ3) is 6.91. The summed E-state index contributed by atoms with van der Waals surface area (Å²) in [7, 11) is 0. The van der Waals surface area contributed by atoms with E-state index in [0.717, 1.165) is 12.8 Å². The molecule has 0 amide bonds. The zero-order valence-corrected chi connectivity index (χ0v) is 14.1. The number of rotatable bonds is 8. The molecule has 0 spiro atoms. The van der Waals surface area contributed by atoms with Crippen molar-refractivity contribution in [3.8, 4) is 5.75 Å². The van der Waals surface area contributed by atoms with Crippen LogP contribution in [0.3, 0.4) is 0 Å². The molecular weight excluding hydrogens is 326 g/mol. The molecule has 136 valence electrons. The number of carbonyl (C=O) groups is 2. The lowest BCUT2D eigenvalue weighted by Gasteiger charge is -2.20. The average molecular weight is 349 g/mol. The minimum absolute atomic E-state index is 0.0568. The minimum Gasteiger partial charge on any atom is -0.465 e. The van der Waals surface area contributed by atoms with Gasteiger partial charge in [-0.1, -0.05) is 25.3 Å². The molecule has 25 heavy (non-hydrogen) atoms. The van der Waals surface area contributed by atoms with Crippen LogP contribution in [0.25, 0.3) is 0 Å². The van der Waals surface area contributed by atoms with Crippen LogP contribution in [-0.2, 0) is 14.3 Å². The third-order valence-electron chi connectivity index (χ3n) is 4.23. The molecule has 0 aromatic heterocycles. The highest BCUT2D eigenvalue weighted by Gasteiger charge is 2.16. The Bertz CT molecular complexity index is 609. The number of nitro groups is 1. The van der Waals surface area contributed by atoms with Gasteiger partial charge in [-0.15, -0.1) is 0 Å². The van der Waals surface area contributed by atoms with Gasteiger partial charge >= 0.3 is 11.9 Å². The zero-order valence-electron chi connectivity index (χ0n) is 14.1. The van der Waals surface area contributed by atoms with Crippen molar-refractivity contribution in [1.82, 2.24) is 0 Å². The fraction of sp³-hybridized carbons (Fsp3) is 0.556. The first kappa shape index (κ1) is 18.9. The summed E-state index contributed by atoms with van der Waals surface area (Å²) in [5.41, 5.74) is -0.142. The number of carbonyl (C=O) groups excluding carboxylic acids is 2. The Morgan fingerprint density at radius 3 is 2.56 bits per heavy atom. The van der Waals surface area contributed by atoms with E-state index in [1.54, 1.807) is 0 Å². The van der Waals surface area contributed by atoms with Crippen LogP contribution in [0.4, 0.5) is 5.69 Å². The molecule has 0 radical (unpaired) electrons. The first-order valence-electron chi connectivity index (χ1n) is 8.65. The Balaban J connectivity index is 1.63. The molecule has 1 aromatic carbocycles. The molecule has 7 heteroatoms. The topological polar surface area (TPSA) is 95.7 Å². The lowest BCUT2D eigenvalue weighted by molar-refractivity contribution is -0.384. The lowest BCUT2D eigenvalue weighted by Crippen LogP contribution is -2.17. The molecule has 0 unspecified atom stereocenters. The van der Waals surface area contributed by atoms with E-state index >= 15 is 0 Å². The van der Waals surface area contributed by atoms with Crippen LogP contribution in [0.15, 0.2) is 24.3 Å². The van der Waals surface area contributed by atoms with Crippen LogP contribution in [-0.4, -0.2) is 23.5 Å². The monoisotopic (exact) mass is 349 g/mol. The molecule has 1 aliphatic carbocycles. The predicted octanol–water partition coefficient (Wildman–Crippen LogP) is 3.79. The van der Waals surface area contributed by atoms with Gasteiger partial charge in [-0.25, -0.2) is 0 Å². The highest BCUT2D eigenvalue weighted by Crippen LogP contribution is 2.24. The molecular formula is C18H23NO6. The molecule has 1 fully saturated rings. The van der Waals surface area contributed by atoms with Gasteiger partial charge in [0.15, 0.2) is 0 Å². The fourth-order valence-electron chi connectivity index (χ4n) is 2.86. The van der Waals surface area contributed by atoms with Gasteiger partial charge in [0.05, 0.1) is 17.6 Å². The van der Waals surface area contributed by atoms with E-state index in [2.05, 4.69) is 0 Å². The van der Waals surface area contributed by atoms with Gasteiger partial charge in [-0.05, 0) is 31.2 Å². The normalized spacial score (nSPS) is 14.7. The number of nitro benzene ring substituents is 1. The van der Waals surface area contributed by atoms with Crippen molar-refractivity contribution >= 4 is 17.6 Å². The average Bonchev–Trinajstić information content (AvgIpc) is 2.61. The van der Waals surface area contributed by atoms with E-state index in [-0.39, 0.29) is 30.2 Å². The molecule has 0 N–H and O–H groups in total. The Labute approximate surface area is 146 Å². The maximum atomic E-state index is 11.7. The minimum atomic E-state index is -0.556. The largest absolute Gasteiger partial charge is 0.465 e. The molecule has 0 bridgehead atoms. The van der Waals surface area contributed by atoms with Crippen molar-refractivity contribution in [3.05, 3.63) is 34.4 Å². The van der Waals surface area contributed by atoms with E-state index in [0.29, 0.717) is 18.9 Å². The lowest BCUT2D eigenvalue weighted by atomic mass is 9.90. The summed E-state index contributed by atoms with van der Waals surface area (Å²) in [6.45, 7) is 0.469. The van der Waals surface area contributed by atoms with Crippen LogP contribution in [0.2, 0.25) is 0 Å². The van der Waals surface area contributed by atoms with Crippen LogP contribution < -0.4 is 4.74 Å². The maximum absolute atomic E-state index is 11.7. The maximum Gasteiger partial charge on any atom is 0.311 e. The molecule has 0 aliphatic heterocycles. The second-order valence-electron chi connectivity index (χ2n) is 6.27. The summed E-state index contributed by atoms with van der Waals surface area (Å²) in [4.78, 5) is 33.6. The number of ether oxygens (including phenoxy) is 2. The van der Waals surface area contributed by atoms with Gasteiger partial charge in [0.1, 0.15) is 5.75 Å². The molecule has 1 aliphatic rings. The van der Waals surface area contributed by atoms with Crippen molar-refractivity contribution in [3.63, 3.8) is 0 Å². The number of hydrogen-bond acceptors (Lipinski definition) is 6. The molecule has 0 atom stereocenters. The van der Waals surface area contributed by atoms with E-state index in [1.807, 2.05) is 0 Å². The van der Waals surface area contributed by atoms with Crippen molar-refractivity contribution in [1.29, 1.82) is 0 Å². The van der Waals surface area contributed by atoms with E-state index in [9.17, 15) is 19.7 Å². The second-order valence-corrected chi connectivity index (χ2v) is 6.27. The number of hydrogen-bond donors (Lipinski definition) is 0. The van der Waals surface area contributed by atoms with E-state index in [1.165, 1.54) is 43.5 Å². The van der Waals surface area contributed by atoms with Gasteiger partial charge in [0.2, 0.25) is 0 Å². The molecule has 0 heterocycles. The molecule has 1 saturated carbocycles.